The number of hydrogen-bond donors (Lipinski definition) is 0. The number of aromatic nitrogens is 1. The van der Waals surface area contributed by atoms with Crippen LogP contribution in [0.3, 0.4) is 0 Å². The van der Waals surface area contributed by atoms with E-state index in [1.165, 1.54) is 30.4 Å². The van der Waals surface area contributed by atoms with Crippen molar-refractivity contribution in [3.63, 3.8) is 0 Å². The minimum atomic E-state index is -0.195. The van der Waals surface area contributed by atoms with E-state index >= 15 is 0 Å². The molecule has 0 aliphatic carbocycles. The molecule has 4 aliphatic heterocycles. The van der Waals surface area contributed by atoms with Crippen molar-refractivity contribution in [1.82, 2.24) is 9.88 Å². The van der Waals surface area contributed by atoms with Crippen molar-refractivity contribution < 1.29 is 14.3 Å². The zero-order valence-corrected chi connectivity index (χ0v) is 18.8. The highest BCUT2D eigenvalue weighted by molar-refractivity contribution is 5.94. The fraction of sp³-hybridized carbons (Fsp3) is 0.500. The predicted octanol–water partition coefficient (Wildman–Crippen LogP) is 3.23. The summed E-state index contributed by atoms with van der Waals surface area (Å²) in [4.78, 5) is 21.4. The van der Waals surface area contributed by atoms with Gasteiger partial charge in [-0.1, -0.05) is 6.07 Å². The van der Waals surface area contributed by atoms with Crippen molar-refractivity contribution >= 4 is 11.8 Å². The first-order valence-electron chi connectivity index (χ1n) is 11.9. The molecule has 0 bridgehead atoms. The number of piperidine rings is 1. The molecule has 1 aromatic heterocycles. The average molecular weight is 445 g/mol. The molecule has 2 aromatic rings. The topological polar surface area (TPSA) is 78.7 Å². The number of fused-ring (bicyclic) bond motifs is 3. The molecule has 2 fully saturated rings. The highest BCUT2D eigenvalue weighted by Crippen LogP contribution is 2.42. The maximum absolute atomic E-state index is 11.9. The number of pyridine rings is 1. The minimum absolute atomic E-state index is 0.0618. The van der Waals surface area contributed by atoms with Gasteiger partial charge in [0.2, 0.25) is 0 Å². The van der Waals surface area contributed by atoms with Crippen LogP contribution in [-0.2, 0) is 22.5 Å². The van der Waals surface area contributed by atoms with E-state index < -0.39 is 0 Å². The molecule has 1 spiro atoms. The lowest BCUT2D eigenvalue weighted by Crippen LogP contribution is -2.43. The maximum atomic E-state index is 11.9. The third kappa shape index (κ3) is 3.68. The Bertz CT molecular complexity index is 1120. The van der Waals surface area contributed by atoms with E-state index in [0.29, 0.717) is 24.2 Å². The Kier molecular flexibility index (Phi) is 5.08. The summed E-state index contributed by atoms with van der Waals surface area (Å²) >= 11 is 0. The van der Waals surface area contributed by atoms with Crippen molar-refractivity contribution in [1.29, 1.82) is 5.26 Å². The van der Waals surface area contributed by atoms with Gasteiger partial charge in [-0.2, -0.15) is 5.26 Å². The maximum Gasteiger partial charge on any atom is 0.338 e. The molecule has 1 unspecified atom stereocenters. The number of ether oxygens (including phenoxy) is 2. The standard InChI is InChI=1S/C26H28N4O3/c27-13-18-1-4-24(28-14-18)30-11-8-26(17-30)6-9-29(10-7-26)15-23-20-2-3-21-22(16-33-25(21)31)19(20)5-12-32-23/h1-4,14,23H,5-12,15-17H2. The molecule has 7 nitrogen and oxygen atoms in total. The van der Waals surface area contributed by atoms with Gasteiger partial charge in [0.25, 0.3) is 0 Å². The molecule has 0 saturated carbocycles. The van der Waals surface area contributed by atoms with Gasteiger partial charge in [-0.05, 0) is 73.5 Å². The van der Waals surface area contributed by atoms with E-state index in [4.69, 9.17) is 14.7 Å². The Balaban J connectivity index is 1.09. The van der Waals surface area contributed by atoms with Gasteiger partial charge in [-0.3, -0.25) is 0 Å². The van der Waals surface area contributed by atoms with Crippen molar-refractivity contribution in [2.75, 3.05) is 44.2 Å². The molecule has 4 aliphatic rings. The van der Waals surface area contributed by atoms with Gasteiger partial charge in [-0.25, -0.2) is 9.78 Å². The summed E-state index contributed by atoms with van der Waals surface area (Å²) in [5, 5.41) is 9.00. The van der Waals surface area contributed by atoms with Crippen LogP contribution in [0.4, 0.5) is 5.82 Å². The summed E-state index contributed by atoms with van der Waals surface area (Å²) in [6, 6.07) is 9.97. The number of hydrogen-bond acceptors (Lipinski definition) is 7. The molecule has 33 heavy (non-hydrogen) atoms. The monoisotopic (exact) mass is 444 g/mol. The fourth-order valence-corrected chi connectivity index (χ4v) is 6.05. The number of likely N-dealkylation sites (tertiary alicyclic amines) is 1. The Hall–Kier alpha value is -2.95. The van der Waals surface area contributed by atoms with Crippen molar-refractivity contribution in [3.8, 4) is 6.07 Å². The second-order valence-corrected chi connectivity index (χ2v) is 9.83. The molecule has 5 heterocycles. The van der Waals surface area contributed by atoms with Crippen LogP contribution in [0, 0.1) is 16.7 Å². The smallest absolute Gasteiger partial charge is 0.338 e. The Morgan fingerprint density at radius 2 is 1.97 bits per heavy atom. The molecule has 2 saturated heterocycles. The fourth-order valence-electron chi connectivity index (χ4n) is 6.05. The first kappa shape index (κ1) is 20.6. The Morgan fingerprint density at radius 3 is 2.76 bits per heavy atom. The van der Waals surface area contributed by atoms with E-state index in [0.717, 1.165) is 56.1 Å². The van der Waals surface area contributed by atoms with Gasteiger partial charge >= 0.3 is 5.97 Å². The Morgan fingerprint density at radius 1 is 1.12 bits per heavy atom. The highest BCUT2D eigenvalue weighted by Gasteiger charge is 2.41. The molecule has 0 N–H and O–H groups in total. The summed E-state index contributed by atoms with van der Waals surface area (Å²) in [6.45, 7) is 6.24. The average Bonchev–Trinajstić information content (AvgIpc) is 3.45. The predicted molar refractivity (Wildman–Crippen MR) is 122 cm³/mol. The zero-order valence-electron chi connectivity index (χ0n) is 18.8. The molecule has 1 atom stereocenters. The first-order valence-corrected chi connectivity index (χ1v) is 11.9. The number of carbonyl (C=O) groups excluding carboxylic acids is 1. The number of benzene rings is 1. The lowest BCUT2D eigenvalue weighted by Gasteiger charge is -2.41. The molecule has 0 amide bonds. The number of carbonyl (C=O) groups is 1. The van der Waals surface area contributed by atoms with Crippen molar-refractivity contribution in [2.45, 2.75) is 38.4 Å². The molecule has 170 valence electrons. The molecular formula is C26H28N4O3. The van der Waals surface area contributed by atoms with Crippen molar-refractivity contribution in [2.24, 2.45) is 5.41 Å². The van der Waals surface area contributed by atoms with E-state index in [1.807, 2.05) is 18.2 Å². The number of nitriles is 1. The number of nitrogens with zero attached hydrogens (tertiary/aromatic N) is 4. The van der Waals surface area contributed by atoms with Gasteiger partial charge < -0.3 is 19.3 Å². The van der Waals surface area contributed by atoms with Gasteiger partial charge in [0.1, 0.15) is 18.5 Å². The molecule has 0 radical (unpaired) electrons. The van der Waals surface area contributed by atoms with E-state index in [-0.39, 0.29) is 12.1 Å². The number of esters is 1. The van der Waals surface area contributed by atoms with E-state index in [1.54, 1.807) is 6.20 Å². The summed E-state index contributed by atoms with van der Waals surface area (Å²) < 4.78 is 11.5. The van der Waals surface area contributed by atoms with Crippen LogP contribution in [-0.4, -0.2) is 55.2 Å². The van der Waals surface area contributed by atoms with Gasteiger partial charge in [0.15, 0.2) is 0 Å². The summed E-state index contributed by atoms with van der Waals surface area (Å²) in [5.74, 6) is 0.787. The quantitative estimate of drug-likeness (QED) is 0.673. The van der Waals surface area contributed by atoms with Crippen LogP contribution in [0.25, 0.3) is 0 Å². The first-order chi connectivity index (χ1) is 16.1. The van der Waals surface area contributed by atoms with Crippen LogP contribution >= 0.6 is 0 Å². The van der Waals surface area contributed by atoms with E-state index in [2.05, 4.69) is 26.9 Å². The third-order valence-electron chi connectivity index (χ3n) is 8.03. The van der Waals surface area contributed by atoms with Crippen LogP contribution in [0.2, 0.25) is 0 Å². The normalized spacial score (nSPS) is 23.8. The number of rotatable bonds is 3. The molecule has 6 rings (SSSR count). The highest BCUT2D eigenvalue weighted by atomic mass is 16.5. The minimum Gasteiger partial charge on any atom is -0.457 e. The van der Waals surface area contributed by atoms with Crippen LogP contribution < -0.4 is 4.90 Å². The lowest BCUT2D eigenvalue weighted by molar-refractivity contribution is 0.00147. The molecular weight excluding hydrogens is 416 g/mol. The summed E-state index contributed by atoms with van der Waals surface area (Å²) in [6.07, 6.45) is 6.16. The lowest BCUT2D eigenvalue weighted by atomic mass is 9.77. The Labute approximate surface area is 193 Å². The van der Waals surface area contributed by atoms with E-state index in [9.17, 15) is 4.79 Å². The van der Waals surface area contributed by atoms with Gasteiger partial charge in [0.05, 0.1) is 23.8 Å². The second kappa shape index (κ2) is 8.12. The summed E-state index contributed by atoms with van der Waals surface area (Å²) in [7, 11) is 0. The second-order valence-electron chi connectivity index (χ2n) is 9.83. The van der Waals surface area contributed by atoms with Crippen LogP contribution in [0.5, 0.6) is 0 Å². The zero-order chi connectivity index (χ0) is 22.4. The largest absolute Gasteiger partial charge is 0.457 e. The number of anilines is 1. The summed E-state index contributed by atoms with van der Waals surface area (Å²) in [5.41, 5.74) is 5.27. The van der Waals surface area contributed by atoms with Gasteiger partial charge in [0, 0.05) is 31.4 Å². The van der Waals surface area contributed by atoms with Crippen LogP contribution in [0.15, 0.2) is 30.5 Å². The third-order valence-corrected chi connectivity index (χ3v) is 8.03. The SMILES string of the molecule is N#Cc1ccc(N2CCC3(CCN(CC4OCCc5c4ccc4c5COC4=O)CC3)C2)nc1. The van der Waals surface area contributed by atoms with Gasteiger partial charge in [-0.15, -0.1) is 0 Å². The molecule has 7 heteroatoms. The number of cyclic esters (lactones) is 1. The molecule has 1 aromatic carbocycles. The van der Waals surface area contributed by atoms with Crippen molar-refractivity contribution in [3.05, 3.63) is 58.3 Å². The van der Waals surface area contributed by atoms with Crippen LogP contribution in [0.1, 0.15) is 58.0 Å².